The molecule has 19 heavy (non-hydrogen) atoms. The molecule has 2 heteroatoms. The Morgan fingerprint density at radius 3 is 2.11 bits per heavy atom. The topological polar surface area (TPSA) is 15.3 Å². The van der Waals surface area contributed by atoms with Gasteiger partial charge < -0.3 is 10.2 Å². The van der Waals surface area contributed by atoms with Crippen molar-refractivity contribution >= 4 is 0 Å². The second-order valence-corrected chi connectivity index (χ2v) is 8.05. The zero-order chi connectivity index (χ0) is 14.7. The van der Waals surface area contributed by atoms with Crippen LogP contribution in [0, 0.1) is 11.3 Å². The van der Waals surface area contributed by atoms with Crippen molar-refractivity contribution in [2.24, 2.45) is 11.3 Å². The minimum absolute atomic E-state index is 0.233. The van der Waals surface area contributed by atoms with Gasteiger partial charge in [-0.2, -0.15) is 0 Å². The van der Waals surface area contributed by atoms with E-state index in [0.29, 0.717) is 17.4 Å². The predicted octanol–water partition coefficient (Wildman–Crippen LogP) is 3.91. The van der Waals surface area contributed by atoms with Crippen LogP contribution in [0.25, 0.3) is 0 Å². The number of likely N-dealkylation sites (tertiary alicyclic amines) is 1. The third kappa shape index (κ3) is 5.43. The van der Waals surface area contributed by atoms with E-state index in [9.17, 15) is 0 Å². The average Bonchev–Trinajstić information content (AvgIpc) is 2.35. The Morgan fingerprint density at radius 2 is 1.68 bits per heavy atom. The van der Waals surface area contributed by atoms with Gasteiger partial charge in [0.15, 0.2) is 0 Å². The molecule has 0 radical (unpaired) electrons. The molecule has 0 aromatic heterocycles. The van der Waals surface area contributed by atoms with E-state index in [1.807, 2.05) is 0 Å². The molecule has 0 amide bonds. The van der Waals surface area contributed by atoms with Crippen molar-refractivity contribution < 1.29 is 0 Å². The molecular weight excluding hydrogens is 232 g/mol. The van der Waals surface area contributed by atoms with Gasteiger partial charge in [0.05, 0.1) is 0 Å². The number of nitrogens with zero attached hydrogens (tertiary/aromatic N) is 1. The Hall–Kier alpha value is -0.0800. The zero-order valence-electron chi connectivity index (χ0n) is 14.3. The fourth-order valence-electron chi connectivity index (χ4n) is 2.82. The Balaban J connectivity index is 2.40. The Kier molecular flexibility index (Phi) is 5.88. The lowest BCUT2D eigenvalue weighted by molar-refractivity contribution is 0.0656. The van der Waals surface area contributed by atoms with E-state index in [1.165, 1.54) is 32.4 Å². The Bertz CT molecular complexity index is 259. The van der Waals surface area contributed by atoms with Gasteiger partial charge in [-0.3, -0.25) is 0 Å². The molecule has 1 heterocycles. The van der Waals surface area contributed by atoms with Crippen LogP contribution in [0.5, 0.6) is 0 Å². The van der Waals surface area contributed by atoms with Gasteiger partial charge in [-0.05, 0) is 71.5 Å². The minimum atomic E-state index is 0.233. The molecule has 2 nitrogen and oxygen atoms in total. The number of rotatable bonds is 5. The van der Waals surface area contributed by atoms with E-state index in [4.69, 9.17) is 0 Å². The molecule has 0 saturated carbocycles. The largest absolute Gasteiger partial charge is 0.312 e. The molecule has 0 aliphatic carbocycles. The van der Waals surface area contributed by atoms with E-state index in [2.05, 4.69) is 58.7 Å². The predicted molar refractivity (Wildman–Crippen MR) is 85.6 cm³/mol. The maximum Gasteiger partial charge on any atom is 0.0105 e. The van der Waals surface area contributed by atoms with Gasteiger partial charge >= 0.3 is 0 Å². The number of hydrogen-bond donors (Lipinski definition) is 1. The van der Waals surface area contributed by atoms with Gasteiger partial charge in [0.25, 0.3) is 0 Å². The molecule has 1 aliphatic rings. The molecule has 0 spiro atoms. The lowest BCUT2D eigenvalue weighted by Gasteiger charge is -2.43. The number of nitrogens with one attached hydrogen (secondary N) is 1. The van der Waals surface area contributed by atoms with Crippen LogP contribution in [0.4, 0.5) is 0 Å². The van der Waals surface area contributed by atoms with Crippen LogP contribution in [0.2, 0.25) is 0 Å². The maximum absolute atomic E-state index is 3.64. The summed E-state index contributed by atoms with van der Waals surface area (Å²) in [6.45, 7) is 20.0. The molecule has 1 fully saturated rings. The molecule has 0 bridgehead atoms. The highest BCUT2D eigenvalue weighted by Crippen LogP contribution is 2.35. The van der Waals surface area contributed by atoms with Gasteiger partial charge in [-0.15, -0.1) is 0 Å². The molecule has 2 unspecified atom stereocenters. The fraction of sp³-hybridized carbons (Fsp3) is 1.00. The molecule has 1 aliphatic heterocycles. The first kappa shape index (κ1) is 17.0. The van der Waals surface area contributed by atoms with E-state index in [0.717, 1.165) is 6.54 Å². The van der Waals surface area contributed by atoms with Crippen molar-refractivity contribution in [3.63, 3.8) is 0 Å². The summed E-state index contributed by atoms with van der Waals surface area (Å²) in [5, 5.41) is 3.64. The minimum Gasteiger partial charge on any atom is -0.312 e. The summed E-state index contributed by atoms with van der Waals surface area (Å²) in [6, 6.07) is 0.691. The summed E-state index contributed by atoms with van der Waals surface area (Å²) in [5.74, 6) is 0.713. The second kappa shape index (κ2) is 6.58. The number of piperidine rings is 1. The summed E-state index contributed by atoms with van der Waals surface area (Å²) in [5.41, 5.74) is 0.833. The highest BCUT2D eigenvalue weighted by molar-refractivity contribution is 4.85. The second-order valence-electron chi connectivity index (χ2n) is 8.05. The van der Waals surface area contributed by atoms with Crippen LogP contribution in [0.3, 0.4) is 0 Å². The van der Waals surface area contributed by atoms with Crippen molar-refractivity contribution in [3.8, 4) is 0 Å². The Labute approximate surface area is 121 Å². The fourth-order valence-corrected chi connectivity index (χ4v) is 2.82. The first-order valence-electron chi connectivity index (χ1n) is 8.16. The normalized spacial score (nSPS) is 24.2. The van der Waals surface area contributed by atoms with Gasteiger partial charge in [-0.1, -0.05) is 27.2 Å². The highest BCUT2D eigenvalue weighted by Gasteiger charge is 2.31. The standard InChI is InChI=1S/C17H36N2/c1-8-17(7)9-11-19(12-10-17)15(3)14(2)13-18-16(4,5)6/h14-15,18H,8-13H2,1-7H3. The Morgan fingerprint density at radius 1 is 1.16 bits per heavy atom. The van der Waals surface area contributed by atoms with Gasteiger partial charge in [0, 0.05) is 11.6 Å². The molecule has 2 atom stereocenters. The monoisotopic (exact) mass is 268 g/mol. The summed E-state index contributed by atoms with van der Waals surface area (Å²) >= 11 is 0. The lowest BCUT2D eigenvalue weighted by atomic mass is 9.77. The van der Waals surface area contributed by atoms with E-state index in [1.54, 1.807) is 0 Å². The van der Waals surface area contributed by atoms with E-state index in [-0.39, 0.29) is 5.54 Å². The summed E-state index contributed by atoms with van der Waals surface area (Å²) in [6.07, 6.45) is 4.07. The van der Waals surface area contributed by atoms with Crippen molar-refractivity contribution in [1.82, 2.24) is 10.2 Å². The first-order chi connectivity index (χ1) is 8.67. The van der Waals surface area contributed by atoms with Crippen molar-refractivity contribution in [2.75, 3.05) is 19.6 Å². The van der Waals surface area contributed by atoms with Crippen LogP contribution in [-0.2, 0) is 0 Å². The third-order valence-electron chi connectivity index (χ3n) is 5.21. The van der Waals surface area contributed by atoms with Crippen LogP contribution >= 0.6 is 0 Å². The van der Waals surface area contributed by atoms with Gasteiger partial charge in [0.2, 0.25) is 0 Å². The quantitative estimate of drug-likeness (QED) is 0.813. The molecule has 114 valence electrons. The van der Waals surface area contributed by atoms with Crippen molar-refractivity contribution in [3.05, 3.63) is 0 Å². The maximum atomic E-state index is 3.64. The van der Waals surface area contributed by atoms with E-state index < -0.39 is 0 Å². The molecule has 0 aromatic rings. The molecule has 1 rings (SSSR count). The lowest BCUT2D eigenvalue weighted by Crippen LogP contribution is -2.49. The third-order valence-corrected chi connectivity index (χ3v) is 5.21. The zero-order valence-corrected chi connectivity index (χ0v) is 14.3. The van der Waals surface area contributed by atoms with Crippen LogP contribution in [-0.4, -0.2) is 36.1 Å². The molecule has 1 N–H and O–H groups in total. The van der Waals surface area contributed by atoms with E-state index >= 15 is 0 Å². The SMILES string of the molecule is CCC1(C)CCN(C(C)C(C)CNC(C)(C)C)CC1. The van der Waals surface area contributed by atoms with Crippen molar-refractivity contribution in [2.45, 2.75) is 79.3 Å². The molecule has 0 aromatic carbocycles. The van der Waals surface area contributed by atoms with Crippen molar-refractivity contribution in [1.29, 1.82) is 0 Å². The van der Waals surface area contributed by atoms with Crippen LogP contribution in [0.1, 0.15) is 67.7 Å². The summed E-state index contributed by atoms with van der Waals surface area (Å²) < 4.78 is 0. The molecule has 1 saturated heterocycles. The smallest absolute Gasteiger partial charge is 0.0105 e. The van der Waals surface area contributed by atoms with Gasteiger partial charge in [-0.25, -0.2) is 0 Å². The summed E-state index contributed by atoms with van der Waals surface area (Å²) in [4.78, 5) is 2.70. The molecular formula is C17H36N2. The first-order valence-corrected chi connectivity index (χ1v) is 8.16. The van der Waals surface area contributed by atoms with Gasteiger partial charge in [0.1, 0.15) is 0 Å². The highest BCUT2D eigenvalue weighted by atomic mass is 15.2. The number of hydrogen-bond acceptors (Lipinski definition) is 2. The van der Waals surface area contributed by atoms with Crippen LogP contribution < -0.4 is 5.32 Å². The summed E-state index contributed by atoms with van der Waals surface area (Å²) in [7, 11) is 0. The van der Waals surface area contributed by atoms with Crippen LogP contribution in [0.15, 0.2) is 0 Å². The average molecular weight is 268 g/mol.